The second-order valence-electron chi connectivity index (χ2n) is 10.9. The van der Waals surface area contributed by atoms with Gasteiger partial charge in [0.15, 0.2) is 11.5 Å². The van der Waals surface area contributed by atoms with E-state index in [4.69, 9.17) is 9.47 Å². The zero-order valence-electron chi connectivity index (χ0n) is 17.4. The molecule has 0 aromatic heterocycles. The van der Waals surface area contributed by atoms with E-state index in [9.17, 15) is 10.2 Å². The molecule has 156 valence electrons. The molecule has 2 N–H and O–H groups in total. The van der Waals surface area contributed by atoms with Gasteiger partial charge in [-0.2, -0.15) is 0 Å². The zero-order valence-corrected chi connectivity index (χ0v) is 17.4. The van der Waals surface area contributed by atoms with Crippen LogP contribution in [0.4, 0.5) is 0 Å². The molecule has 1 saturated heterocycles. The Morgan fingerprint density at radius 3 is 2.90 bits per heavy atom. The number of aliphatic hydroxyl groups excluding tert-OH is 1. The number of hydrogen-bond acceptors (Lipinski definition) is 5. The molecule has 2 aliphatic heterocycles. The van der Waals surface area contributed by atoms with Gasteiger partial charge in [0.1, 0.15) is 11.7 Å². The predicted molar refractivity (Wildman–Crippen MR) is 107 cm³/mol. The Morgan fingerprint density at radius 2 is 2.17 bits per heavy atom. The van der Waals surface area contributed by atoms with Gasteiger partial charge in [-0.25, -0.2) is 0 Å². The number of phenolic OH excluding ortho intramolecular Hbond substituents is 1. The van der Waals surface area contributed by atoms with Crippen molar-refractivity contribution in [3.63, 3.8) is 0 Å². The highest BCUT2D eigenvalue weighted by molar-refractivity contribution is 5.64. The average Bonchev–Trinajstić information content (AvgIpc) is 3.25. The normalized spacial score (nSPS) is 47.2. The van der Waals surface area contributed by atoms with Crippen molar-refractivity contribution >= 4 is 0 Å². The Kier molecular flexibility index (Phi) is 3.07. The van der Waals surface area contributed by atoms with Crippen LogP contribution in [0.3, 0.4) is 0 Å². The fraction of sp³-hybridized carbons (Fsp3) is 0.750. The third kappa shape index (κ3) is 1.71. The minimum atomic E-state index is -0.477. The van der Waals surface area contributed by atoms with Crippen molar-refractivity contribution in [3.05, 3.63) is 23.3 Å². The number of fused-ring (bicyclic) bond motifs is 2. The summed E-state index contributed by atoms with van der Waals surface area (Å²) in [5.41, 5.74) is 2.15. The average molecular weight is 398 g/mol. The lowest BCUT2D eigenvalue weighted by Gasteiger charge is -2.62. The zero-order chi connectivity index (χ0) is 19.8. The summed E-state index contributed by atoms with van der Waals surface area (Å²) in [5, 5.41) is 21.5. The van der Waals surface area contributed by atoms with Gasteiger partial charge >= 0.3 is 0 Å². The minimum Gasteiger partial charge on any atom is -0.504 e. The molecule has 4 aliphatic carbocycles. The fourth-order valence-electron chi connectivity index (χ4n) is 8.83. The van der Waals surface area contributed by atoms with Gasteiger partial charge in [0, 0.05) is 42.0 Å². The van der Waals surface area contributed by atoms with Crippen LogP contribution in [0.2, 0.25) is 0 Å². The van der Waals surface area contributed by atoms with E-state index in [0.29, 0.717) is 11.8 Å². The Balaban J connectivity index is 1.48. The number of aliphatic hydroxyl groups is 1. The van der Waals surface area contributed by atoms with E-state index in [2.05, 4.69) is 11.0 Å². The highest BCUT2D eigenvalue weighted by Crippen LogP contribution is 2.80. The number of benzene rings is 1. The molecule has 1 aromatic carbocycles. The van der Waals surface area contributed by atoms with Crippen LogP contribution in [-0.4, -0.2) is 59.2 Å². The standard InChI is InChI=1S/C24H31NO4/c1-13(26)16-10-22-12-24(16,28-2)21-23(22)7-8-25(11-14-3-4-14)18(22)9-15-5-6-17(27)20(29-21)19(15)23/h5-6,13-14,16,18,21,26-27H,3-4,7-12H2,1-2H3/t13?,16-,18?,21-,22+,23+,24-/m1/s1. The minimum absolute atomic E-state index is 0.0640. The molecule has 6 aliphatic rings. The molecule has 5 nitrogen and oxygen atoms in total. The quantitative estimate of drug-likeness (QED) is 0.818. The van der Waals surface area contributed by atoms with Crippen molar-refractivity contribution in [1.82, 2.24) is 4.90 Å². The summed E-state index contributed by atoms with van der Waals surface area (Å²) in [7, 11) is 1.81. The third-order valence-electron chi connectivity index (χ3n) is 9.93. The van der Waals surface area contributed by atoms with Crippen LogP contribution in [0.1, 0.15) is 50.2 Å². The van der Waals surface area contributed by atoms with Crippen molar-refractivity contribution in [2.75, 3.05) is 20.2 Å². The topological polar surface area (TPSA) is 62.2 Å². The molecule has 0 radical (unpaired) electrons. The molecule has 2 spiro atoms. The highest BCUT2D eigenvalue weighted by atomic mass is 16.6. The molecule has 4 fully saturated rings. The van der Waals surface area contributed by atoms with Gasteiger partial charge in [0.05, 0.1) is 6.10 Å². The summed E-state index contributed by atoms with van der Waals surface area (Å²) in [6.45, 7) is 4.24. The van der Waals surface area contributed by atoms with Crippen LogP contribution in [0, 0.1) is 17.3 Å². The lowest BCUT2D eigenvalue weighted by molar-refractivity contribution is -0.164. The molecule has 3 saturated carbocycles. The molecular formula is C24H31NO4. The summed E-state index contributed by atoms with van der Waals surface area (Å²) < 4.78 is 13.0. The number of likely N-dealkylation sites (tertiary alicyclic amines) is 1. The number of ether oxygens (including phenoxy) is 2. The van der Waals surface area contributed by atoms with E-state index >= 15 is 0 Å². The summed E-state index contributed by atoms with van der Waals surface area (Å²) in [4.78, 5) is 2.78. The van der Waals surface area contributed by atoms with Crippen LogP contribution in [-0.2, 0) is 16.6 Å². The first-order chi connectivity index (χ1) is 14.0. The van der Waals surface area contributed by atoms with Crippen LogP contribution < -0.4 is 4.74 Å². The van der Waals surface area contributed by atoms with E-state index < -0.39 is 11.7 Å². The second-order valence-corrected chi connectivity index (χ2v) is 10.9. The molecular weight excluding hydrogens is 366 g/mol. The van der Waals surface area contributed by atoms with Crippen molar-refractivity contribution < 1.29 is 19.7 Å². The fourth-order valence-corrected chi connectivity index (χ4v) is 8.83. The largest absolute Gasteiger partial charge is 0.504 e. The van der Waals surface area contributed by atoms with Gasteiger partial charge < -0.3 is 19.7 Å². The van der Waals surface area contributed by atoms with Gasteiger partial charge in [-0.05, 0) is 69.5 Å². The number of phenols is 1. The molecule has 29 heavy (non-hydrogen) atoms. The van der Waals surface area contributed by atoms with Crippen LogP contribution in [0.15, 0.2) is 12.1 Å². The van der Waals surface area contributed by atoms with Crippen molar-refractivity contribution in [2.45, 2.75) is 74.7 Å². The van der Waals surface area contributed by atoms with E-state index in [1.165, 1.54) is 30.5 Å². The molecule has 5 heteroatoms. The van der Waals surface area contributed by atoms with Crippen molar-refractivity contribution in [2.24, 2.45) is 17.3 Å². The van der Waals surface area contributed by atoms with Crippen LogP contribution >= 0.6 is 0 Å². The Labute approximate surface area is 172 Å². The molecule has 0 amide bonds. The first-order valence-corrected chi connectivity index (χ1v) is 11.5. The first-order valence-electron chi connectivity index (χ1n) is 11.5. The summed E-state index contributed by atoms with van der Waals surface area (Å²) in [6, 6.07) is 4.43. The monoisotopic (exact) mass is 397 g/mol. The lowest BCUT2D eigenvalue weighted by atomic mass is 9.47. The number of methoxy groups -OCH3 is 1. The Morgan fingerprint density at radius 1 is 1.34 bits per heavy atom. The number of nitrogens with zero attached hydrogens (tertiary/aromatic N) is 1. The molecule has 2 unspecified atom stereocenters. The van der Waals surface area contributed by atoms with Gasteiger partial charge in [-0.1, -0.05) is 6.07 Å². The third-order valence-corrected chi connectivity index (χ3v) is 9.93. The second kappa shape index (κ2) is 5.12. The van der Waals surface area contributed by atoms with Crippen molar-refractivity contribution in [1.29, 1.82) is 0 Å². The lowest BCUT2D eigenvalue weighted by Crippen LogP contribution is -2.70. The Bertz CT molecular complexity index is 912. The maximum Gasteiger partial charge on any atom is 0.165 e. The Hall–Kier alpha value is -1.30. The van der Waals surface area contributed by atoms with E-state index in [0.717, 1.165) is 38.1 Å². The van der Waals surface area contributed by atoms with Crippen LogP contribution in [0.25, 0.3) is 0 Å². The molecule has 7 rings (SSSR count). The smallest absolute Gasteiger partial charge is 0.165 e. The molecule has 7 atom stereocenters. The van der Waals surface area contributed by atoms with Gasteiger partial charge in [0.25, 0.3) is 0 Å². The number of piperidine rings is 1. The van der Waals surface area contributed by atoms with E-state index in [1.54, 1.807) is 7.11 Å². The van der Waals surface area contributed by atoms with Crippen molar-refractivity contribution in [3.8, 4) is 11.5 Å². The maximum atomic E-state index is 10.8. The molecule has 1 aromatic rings. The van der Waals surface area contributed by atoms with Gasteiger partial charge in [-0.3, -0.25) is 4.90 Å². The maximum absolute atomic E-state index is 10.8. The molecule has 4 bridgehead atoms. The predicted octanol–water partition coefficient (Wildman–Crippen LogP) is 2.61. The SMILES string of the molecule is CO[C@]12C[C@@]3(C[C@@H]1C(C)O)C1Cc4ccc(O)c5c4[C@@]3(CCN1CC1CC1)[C@H]2O5. The van der Waals surface area contributed by atoms with E-state index in [1.807, 2.05) is 13.0 Å². The summed E-state index contributed by atoms with van der Waals surface area (Å²) in [6.07, 6.45) is 6.28. The number of hydrogen-bond donors (Lipinski definition) is 2. The highest BCUT2D eigenvalue weighted by Gasteiger charge is 2.85. The van der Waals surface area contributed by atoms with Crippen LogP contribution in [0.5, 0.6) is 11.5 Å². The van der Waals surface area contributed by atoms with Gasteiger partial charge in [0.2, 0.25) is 0 Å². The number of rotatable bonds is 4. The first kappa shape index (κ1) is 17.4. The van der Waals surface area contributed by atoms with Gasteiger partial charge in [-0.15, -0.1) is 0 Å². The summed E-state index contributed by atoms with van der Waals surface area (Å²) in [5.74, 6) is 1.92. The number of aromatic hydroxyl groups is 1. The summed E-state index contributed by atoms with van der Waals surface area (Å²) >= 11 is 0. The molecule has 2 heterocycles. The van der Waals surface area contributed by atoms with E-state index in [-0.39, 0.29) is 28.6 Å².